The Bertz CT molecular complexity index is 349. The summed E-state index contributed by atoms with van der Waals surface area (Å²) in [6.07, 6.45) is 0.140. The van der Waals surface area contributed by atoms with Crippen LogP contribution in [0.15, 0.2) is 18.2 Å². The maximum Gasteiger partial charge on any atom is 0.307 e. The van der Waals surface area contributed by atoms with Crippen LogP contribution < -0.4 is 5.73 Å². The molecular formula is C11H15Cl2NO2. The Morgan fingerprint density at radius 3 is 2.69 bits per heavy atom. The van der Waals surface area contributed by atoms with Gasteiger partial charge >= 0.3 is 5.97 Å². The molecule has 0 radical (unpaired) electrons. The quantitative estimate of drug-likeness (QED) is 0.854. The highest BCUT2D eigenvalue weighted by Crippen LogP contribution is 2.26. The molecule has 0 aliphatic rings. The number of carbonyl (C=O) groups excluding carboxylic acids is 1. The Morgan fingerprint density at radius 1 is 1.56 bits per heavy atom. The molecule has 1 aromatic rings. The summed E-state index contributed by atoms with van der Waals surface area (Å²) in [7, 11) is 1.34. The molecule has 1 rings (SSSR count). The van der Waals surface area contributed by atoms with E-state index in [4.69, 9.17) is 17.3 Å². The molecule has 0 aliphatic carbocycles. The number of ether oxygens (including phenoxy) is 1. The van der Waals surface area contributed by atoms with E-state index >= 15 is 0 Å². The lowest BCUT2D eigenvalue weighted by Gasteiger charge is -2.15. The van der Waals surface area contributed by atoms with E-state index in [0.717, 1.165) is 11.1 Å². The minimum absolute atomic E-state index is 0. The van der Waals surface area contributed by atoms with Gasteiger partial charge in [0.25, 0.3) is 0 Å². The summed E-state index contributed by atoms with van der Waals surface area (Å²) in [5.41, 5.74) is 7.68. The van der Waals surface area contributed by atoms with Crippen molar-refractivity contribution >= 4 is 30.0 Å². The maximum absolute atomic E-state index is 11.1. The topological polar surface area (TPSA) is 52.3 Å². The number of nitrogens with two attached hydrogens (primary N) is 1. The number of halogens is 2. The Labute approximate surface area is 106 Å². The minimum atomic E-state index is -0.411. The fourth-order valence-electron chi connectivity index (χ4n) is 1.48. The van der Waals surface area contributed by atoms with Crippen molar-refractivity contribution in [2.24, 2.45) is 5.73 Å². The SMILES string of the molecule is COC(=O)C[C@H](N)c1c(C)cccc1Cl.Cl. The van der Waals surface area contributed by atoms with Crippen LogP contribution in [0, 0.1) is 6.92 Å². The zero-order valence-corrected chi connectivity index (χ0v) is 10.8. The average Bonchev–Trinajstić information content (AvgIpc) is 2.17. The van der Waals surface area contributed by atoms with Crippen molar-refractivity contribution in [1.82, 2.24) is 0 Å². The third kappa shape index (κ3) is 3.67. The highest BCUT2D eigenvalue weighted by molar-refractivity contribution is 6.31. The molecule has 2 N–H and O–H groups in total. The number of hydrogen-bond donors (Lipinski definition) is 1. The number of methoxy groups -OCH3 is 1. The molecule has 0 aliphatic heterocycles. The van der Waals surface area contributed by atoms with Gasteiger partial charge in [-0.15, -0.1) is 12.4 Å². The highest BCUT2D eigenvalue weighted by Gasteiger charge is 2.16. The van der Waals surface area contributed by atoms with Gasteiger partial charge in [-0.2, -0.15) is 0 Å². The molecule has 0 amide bonds. The second-order valence-corrected chi connectivity index (χ2v) is 3.76. The molecule has 0 saturated heterocycles. The molecule has 0 fully saturated rings. The number of benzene rings is 1. The van der Waals surface area contributed by atoms with Crippen molar-refractivity contribution < 1.29 is 9.53 Å². The average molecular weight is 264 g/mol. The van der Waals surface area contributed by atoms with E-state index in [1.54, 1.807) is 6.07 Å². The van der Waals surface area contributed by atoms with Gasteiger partial charge in [-0.05, 0) is 24.1 Å². The fraction of sp³-hybridized carbons (Fsp3) is 0.364. The van der Waals surface area contributed by atoms with Crippen molar-refractivity contribution in [2.45, 2.75) is 19.4 Å². The number of esters is 1. The molecule has 0 heterocycles. The van der Waals surface area contributed by atoms with E-state index in [2.05, 4.69) is 4.74 Å². The lowest BCUT2D eigenvalue weighted by molar-refractivity contribution is -0.141. The van der Waals surface area contributed by atoms with Crippen LogP contribution in [0.3, 0.4) is 0 Å². The normalized spacial score (nSPS) is 11.5. The highest BCUT2D eigenvalue weighted by atomic mass is 35.5. The Balaban J connectivity index is 0.00000225. The largest absolute Gasteiger partial charge is 0.469 e. The first-order valence-electron chi connectivity index (χ1n) is 4.63. The Morgan fingerprint density at radius 2 is 2.19 bits per heavy atom. The molecule has 3 nitrogen and oxygen atoms in total. The molecule has 0 spiro atoms. The van der Waals surface area contributed by atoms with Gasteiger partial charge in [0.1, 0.15) is 0 Å². The van der Waals surface area contributed by atoms with Crippen molar-refractivity contribution in [1.29, 1.82) is 0 Å². The maximum atomic E-state index is 11.1. The van der Waals surface area contributed by atoms with E-state index in [9.17, 15) is 4.79 Å². The van der Waals surface area contributed by atoms with Crippen LogP contribution in [-0.4, -0.2) is 13.1 Å². The second kappa shape index (κ2) is 6.74. The second-order valence-electron chi connectivity index (χ2n) is 3.36. The van der Waals surface area contributed by atoms with Gasteiger partial charge in [-0.25, -0.2) is 0 Å². The standard InChI is InChI=1S/C11H14ClNO2.ClH/c1-7-4-3-5-8(12)11(7)9(13)6-10(14)15-2;/h3-5,9H,6,13H2,1-2H3;1H/t9-;/m0./s1. The lowest BCUT2D eigenvalue weighted by atomic mass is 9.99. The summed E-state index contributed by atoms with van der Waals surface area (Å²) in [6.45, 7) is 1.92. The van der Waals surface area contributed by atoms with Crippen LogP contribution in [0.25, 0.3) is 0 Å². The predicted molar refractivity (Wildman–Crippen MR) is 67.0 cm³/mol. The zero-order valence-electron chi connectivity index (χ0n) is 9.20. The fourth-order valence-corrected chi connectivity index (χ4v) is 1.84. The summed E-state index contributed by atoms with van der Waals surface area (Å²) in [5, 5.41) is 0.589. The van der Waals surface area contributed by atoms with E-state index in [-0.39, 0.29) is 24.8 Å². The van der Waals surface area contributed by atoms with Gasteiger partial charge in [0.15, 0.2) is 0 Å². The van der Waals surface area contributed by atoms with Crippen LogP contribution in [0.1, 0.15) is 23.6 Å². The van der Waals surface area contributed by atoms with Crippen LogP contribution in [0.5, 0.6) is 0 Å². The van der Waals surface area contributed by atoms with Gasteiger partial charge in [0.2, 0.25) is 0 Å². The van der Waals surface area contributed by atoms with Crippen molar-refractivity contribution in [3.05, 3.63) is 34.3 Å². The van der Waals surface area contributed by atoms with Crippen LogP contribution >= 0.6 is 24.0 Å². The third-order valence-corrected chi connectivity index (χ3v) is 2.59. The summed E-state index contributed by atoms with van der Waals surface area (Å²) >= 11 is 6.02. The number of hydrogen-bond acceptors (Lipinski definition) is 3. The smallest absolute Gasteiger partial charge is 0.307 e. The number of carbonyl (C=O) groups is 1. The molecule has 1 atom stereocenters. The summed E-state index contributed by atoms with van der Waals surface area (Å²) in [6, 6.07) is 5.12. The van der Waals surface area contributed by atoms with E-state index < -0.39 is 6.04 Å². The Hall–Kier alpha value is -0.770. The van der Waals surface area contributed by atoms with Crippen molar-refractivity contribution in [2.75, 3.05) is 7.11 Å². The van der Waals surface area contributed by atoms with Crippen molar-refractivity contribution in [3.8, 4) is 0 Å². The van der Waals surface area contributed by atoms with Crippen LogP contribution in [0.4, 0.5) is 0 Å². The van der Waals surface area contributed by atoms with Crippen molar-refractivity contribution in [3.63, 3.8) is 0 Å². The lowest BCUT2D eigenvalue weighted by Crippen LogP contribution is -2.17. The van der Waals surface area contributed by atoms with E-state index in [1.165, 1.54) is 7.11 Å². The summed E-state index contributed by atoms with van der Waals surface area (Å²) in [5.74, 6) is -0.332. The summed E-state index contributed by atoms with van der Waals surface area (Å²) in [4.78, 5) is 11.1. The minimum Gasteiger partial charge on any atom is -0.469 e. The molecule has 0 bridgehead atoms. The Kier molecular flexibility index (Phi) is 6.41. The first-order valence-corrected chi connectivity index (χ1v) is 5.01. The van der Waals surface area contributed by atoms with Gasteiger partial charge < -0.3 is 10.5 Å². The predicted octanol–water partition coefficient (Wildman–Crippen LogP) is 2.63. The number of rotatable bonds is 3. The van der Waals surface area contributed by atoms with Gasteiger partial charge in [-0.1, -0.05) is 23.7 Å². The first-order chi connectivity index (χ1) is 7.06. The summed E-state index contributed by atoms with van der Waals surface area (Å²) < 4.78 is 4.56. The van der Waals surface area contributed by atoms with Crippen LogP contribution in [-0.2, 0) is 9.53 Å². The monoisotopic (exact) mass is 263 g/mol. The van der Waals surface area contributed by atoms with Gasteiger partial charge in [-0.3, -0.25) is 4.79 Å². The van der Waals surface area contributed by atoms with Gasteiger partial charge in [0.05, 0.1) is 13.5 Å². The van der Waals surface area contributed by atoms with Crippen LogP contribution in [0.2, 0.25) is 5.02 Å². The molecule has 0 unspecified atom stereocenters. The molecule has 5 heteroatoms. The first kappa shape index (κ1) is 15.2. The molecule has 0 aromatic heterocycles. The molecule has 16 heavy (non-hydrogen) atoms. The molecule has 0 saturated carbocycles. The molecular weight excluding hydrogens is 249 g/mol. The molecule has 90 valence electrons. The van der Waals surface area contributed by atoms with E-state index in [0.29, 0.717) is 5.02 Å². The van der Waals surface area contributed by atoms with Gasteiger partial charge in [0, 0.05) is 11.1 Å². The zero-order chi connectivity index (χ0) is 11.4. The molecule has 1 aromatic carbocycles. The third-order valence-electron chi connectivity index (χ3n) is 2.26. The van der Waals surface area contributed by atoms with E-state index in [1.807, 2.05) is 19.1 Å². The number of aryl methyl sites for hydroxylation is 1.